The Morgan fingerprint density at radius 1 is 0.339 bits per heavy atom. The lowest BCUT2D eigenvalue weighted by Crippen LogP contribution is -2.30. The average Bonchev–Trinajstić information content (AvgIpc) is 3.27. The van der Waals surface area contributed by atoms with Crippen molar-refractivity contribution >= 4 is 17.9 Å². The van der Waals surface area contributed by atoms with Crippen LogP contribution in [-0.2, 0) is 28.6 Å². The summed E-state index contributed by atoms with van der Waals surface area (Å²) in [7, 11) is 0. The average molecular weight is 865 g/mol. The highest BCUT2D eigenvalue weighted by atomic mass is 16.6. The van der Waals surface area contributed by atoms with Gasteiger partial charge in [-0.05, 0) is 70.6 Å². The fraction of sp³-hybridized carbons (Fsp3) is 0.732. The first-order valence-electron chi connectivity index (χ1n) is 25.9. The summed E-state index contributed by atoms with van der Waals surface area (Å²) in [6.07, 6.45) is 63.5. The normalized spacial score (nSPS) is 12.6. The molecule has 0 radical (unpaired) electrons. The number of carbonyl (C=O) groups is 3. The van der Waals surface area contributed by atoms with Gasteiger partial charge in [-0.15, -0.1) is 0 Å². The quantitative estimate of drug-likeness (QED) is 0.0262. The zero-order valence-electron chi connectivity index (χ0n) is 40.6. The lowest BCUT2D eigenvalue weighted by atomic mass is 10.1. The van der Waals surface area contributed by atoms with E-state index in [-0.39, 0.29) is 31.1 Å². The zero-order valence-corrected chi connectivity index (χ0v) is 40.6. The molecule has 0 bridgehead atoms. The van der Waals surface area contributed by atoms with Crippen LogP contribution < -0.4 is 0 Å². The number of rotatable bonds is 46. The molecule has 356 valence electrons. The fourth-order valence-electron chi connectivity index (χ4n) is 7.09. The number of hydrogen-bond donors (Lipinski definition) is 0. The van der Waals surface area contributed by atoms with Crippen LogP contribution in [-0.4, -0.2) is 37.2 Å². The van der Waals surface area contributed by atoms with Crippen LogP contribution in [0.5, 0.6) is 0 Å². The second-order valence-electron chi connectivity index (χ2n) is 17.1. The molecular weight excluding hydrogens is 769 g/mol. The van der Waals surface area contributed by atoms with Crippen molar-refractivity contribution in [3.05, 3.63) is 72.9 Å². The number of ether oxygens (including phenoxy) is 3. The van der Waals surface area contributed by atoms with Crippen molar-refractivity contribution in [3.8, 4) is 0 Å². The molecule has 0 saturated carbocycles. The molecule has 0 rings (SSSR count). The zero-order chi connectivity index (χ0) is 45.1. The van der Waals surface area contributed by atoms with Gasteiger partial charge in [-0.2, -0.15) is 0 Å². The third kappa shape index (κ3) is 47.9. The fourth-order valence-corrected chi connectivity index (χ4v) is 7.09. The van der Waals surface area contributed by atoms with Gasteiger partial charge < -0.3 is 14.2 Å². The van der Waals surface area contributed by atoms with E-state index in [1.165, 1.54) is 109 Å². The van der Waals surface area contributed by atoms with Crippen molar-refractivity contribution in [3.63, 3.8) is 0 Å². The van der Waals surface area contributed by atoms with E-state index in [0.717, 1.165) is 96.3 Å². The smallest absolute Gasteiger partial charge is 0.306 e. The third-order valence-corrected chi connectivity index (χ3v) is 11.0. The Bertz CT molecular complexity index is 1180. The molecule has 0 aliphatic rings. The minimum Gasteiger partial charge on any atom is -0.462 e. The Hall–Kier alpha value is -3.15. The van der Waals surface area contributed by atoms with Crippen molar-refractivity contribution < 1.29 is 28.6 Å². The van der Waals surface area contributed by atoms with Crippen LogP contribution in [0, 0.1) is 0 Å². The molecule has 0 heterocycles. The second kappa shape index (κ2) is 50.5. The van der Waals surface area contributed by atoms with Crippen LogP contribution in [0.3, 0.4) is 0 Å². The predicted octanol–water partition coefficient (Wildman–Crippen LogP) is 17.0. The highest BCUT2D eigenvalue weighted by molar-refractivity contribution is 5.71. The summed E-state index contributed by atoms with van der Waals surface area (Å²) in [6, 6.07) is 0. The third-order valence-electron chi connectivity index (χ3n) is 11.0. The van der Waals surface area contributed by atoms with Gasteiger partial charge in [0, 0.05) is 19.3 Å². The topological polar surface area (TPSA) is 78.9 Å². The summed E-state index contributed by atoms with van der Waals surface area (Å²) >= 11 is 0. The van der Waals surface area contributed by atoms with Crippen molar-refractivity contribution in [1.29, 1.82) is 0 Å². The molecule has 1 atom stereocenters. The first-order valence-corrected chi connectivity index (χ1v) is 25.9. The summed E-state index contributed by atoms with van der Waals surface area (Å²) < 4.78 is 16.6. The minimum atomic E-state index is -0.768. The van der Waals surface area contributed by atoms with Crippen molar-refractivity contribution in [2.45, 2.75) is 252 Å². The Kier molecular flexibility index (Phi) is 47.9. The van der Waals surface area contributed by atoms with E-state index in [4.69, 9.17) is 14.2 Å². The molecule has 0 N–H and O–H groups in total. The standard InChI is InChI=1S/C56H96O6/c1-4-7-10-13-16-18-19-20-21-22-23-24-25-26-27-28-29-30-31-32-33-34-35-36-37-38-41-43-46-49-55(58)61-52-53(51-60-54(57)48-45-42-39-15-12-9-6-3)62-56(59)50-47-44-40-17-14-11-8-5-2/h7,10,16,18,20-21,23-24,26-27,29-30,53H,4-6,8-9,11-15,17,19,22,25,28,31-52H2,1-3H3/b10-7-,18-16-,21-20-,24-23-,27-26-,30-29-. The number of carbonyl (C=O) groups excluding carboxylic acids is 3. The van der Waals surface area contributed by atoms with E-state index >= 15 is 0 Å². The van der Waals surface area contributed by atoms with Crippen LogP contribution in [0.1, 0.15) is 245 Å². The van der Waals surface area contributed by atoms with Gasteiger partial charge >= 0.3 is 17.9 Å². The monoisotopic (exact) mass is 865 g/mol. The maximum Gasteiger partial charge on any atom is 0.306 e. The van der Waals surface area contributed by atoms with Gasteiger partial charge in [0.1, 0.15) is 13.2 Å². The number of esters is 3. The summed E-state index contributed by atoms with van der Waals surface area (Å²) in [5.74, 6) is -0.889. The van der Waals surface area contributed by atoms with Gasteiger partial charge in [-0.3, -0.25) is 14.4 Å². The maximum absolute atomic E-state index is 12.6. The van der Waals surface area contributed by atoms with E-state index in [0.29, 0.717) is 19.3 Å². The number of hydrogen-bond acceptors (Lipinski definition) is 6. The molecule has 0 spiro atoms. The molecule has 0 saturated heterocycles. The molecule has 0 aromatic carbocycles. The lowest BCUT2D eigenvalue weighted by molar-refractivity contribution is -0.167. The number of allylic oxidation sites excluding steroid dienone is 12. The van der Waals surface area contributed by atoms with Crippen molar-refractivity contribution in [2.24, 2.45) is 0 Å². The van der Waals surface area contributed by atoms with E-state index in [1.807, 2.05) is 0 Å². The number of unbranched alkanes of at least 4 members (excludes halogenated alkanes) is 23. The minimum absolute atomic E-state index is 0.0741. The highest BCUT2D eigenvalue weighted by Crippen LogP contribution is 2.15. The van der Waals surface area contributed by atoms with E-state index in [2.05, 4.69) is 93.7 Å². The van der Waals surface area contributed by atoms with Gasteiger partial charge in [0.15, 0.2) is 6.10 Å². The molecule has 0 aromatic heterocycles. The first-order chi connectivity index (χ1) is 30.5. The van der Waals surface area contributed by atoms with Crippen LogP contribution in [0.25, 0.3) is 0 Å². The van der Waals surface area contributed by atoms with Crippen LogP contribution in [0.15, 0.2) is 72.9 Å². The molecule has 1 unspecified atom stereocenters. The molecule has 6 heteroatoms. The van der Waals surface area contributed by atoms with Crippen LogP contribution >= 0.6 is 0 Å². The van der Waals surface area contributed by atoms with Crippen LogP contribution in [0.4, 0.5) is 0 Å². The molecule has 62 heavy (non-hydrogen) atoms. The lowest BCUT2D eigenvalue weighted by Gasteiger charge is -2.18. The Morgan fingerprint density at radius 2 is 0.629 bits per heavy atom. The molecule has 6 nitrogen and oxygen atoms in total. The van der Waals surface area contributed by atoms with Gasteiger partial charge in [0.05, 0.1) is 0 Å². The van der Waals surface area contributed by atoms with Gasteiger partial charge in [0.25, 0.3) is 0 Å². The highest BCUT2D eigenvalue weighted by Gasteiger charge is 2.19. The largest absolute Gasteiger partial charge is 0.462 e. The maximum atomic E-state index is 12.6. The van der Waals surface area contributed by atoms with Crippen molar-refractivity contribution in [2.75, 3.05) is 13.2 Å². The summed E-state index contributed by atoms with van der Waals surface area (Å²) in [4.78, 5) is 37.6. The van der Waals surface area contributed by atoms with Gasteiger partial charge in [-0.25, -0.2) is 0 Å². The Balaban J connectivity index is 4.03. The Morgan fingerprint density at radius 3 is 0.984 bits per heavy atom. The summed E-state index contributed by atoms with van der Waals surface area (Å²) in [5.41, 5.74) is 0. The van der Waals surface area contributed by atoms with E-state index in [1.54, 1.807) is 0 Å². The first kappa shape index (κ1) is 58.9. The summed E-state index contributed by atoms with van der Waals surface area (Å²) in [5, 5.41) is 0. The van der Waals surface area contributed by atoms with E-state index in [9.17, 15) is 14.4 Å². The summed E-state index contributed by atoms with van der Waals surface area (Å²) in [6.45, 7) is 6.44. The van der Waals surface area contributed by atoms with Gasteiger partial charge in [0.2, 0.25) is 0 Å². The Labute approximate surface area is 382 Å². The predicted molar refractivity (Wildman–Crippen MR) is 265 cm³/mol. The molecule has 0 amide bonds. The molecule has 0 aromatic rings. The molecular formula is C56H96O6. The SMILES string of the molecule is CC/C=C\C/C=C\C/C=C\C/C=C\C/C=C\C/C=C\CCCCCCCCCCCCC(=O)OCC(COC(=O)CCCCCCCCC)OC(=O)CCCCCCCCCC. The van der Waals surface area contributed by atoms with Crippen LogP contribution in [0.2, 0.25) is 0 Å². The van der Waals surface area contributed by atoms with Crippen molar-refractivity contribution in [1.82, 2.24) is 0 Å². The second-order valence-corrected chi connectivity index (χ2v) is 17.1. The molecule has 0 aliphatic heterocycles. The molecule has 0 fully saturated rings. The molecule has 0 aliphatic carbocycles. The van der Waals surface area contributed by atoms with E-state index < -0.39 is 6.10 Å². The van der Waals surface area contributed by atoms with Gasteiger partial charge in [-0.1, -0.05) is 229 Å².